The van der Waals surface area contributed by atoms with Crippen molar-refractivity contribution in [3.05, 3.63) is 23.3 Å². The molecular formula is C11H13N3O4. The summed E-state index contributed by atoms with van der Waals surface area (Å²) in [7, 11) is 0. The molecule has 0 radical (unpaired) electrons. The zero-order chi connectivity index (χ0) is 13.4. The van der Waals surface area contributed by atoms with E-state index >= 15 is 0 Å². The molecule has 2 rings (SSSR count). The summed E-state index contributed by atoms with van der Waals surface area (Å²) in [5.41, 5.74) is 11.9. The second-order valence-electron chi connectivity index (χ2n) is 4.08. The molecule has 1 heterocycles. The summed E-state index contributed by atoms with van der Waals surface area (Å²) in [5.74, 6) is -1.09. The molecule has 0 saturated carbocycles. The summed E-state index contributed by atoms with van der Waals surface area (Å²) in [4.78, 5) is 24.7. The van der Waals surface area contributed by atoms with Crippen LogP contribution in [0, 0.1) is 0 Å². The number of hydrogen-bond acceptors (Lipinski definition) is 6. The van der Waals surface area contributed by atoms with Gasteiger partial charge in [-0.2, -0.15) is 0 Å². The quantitative estimate of drug-likeness (QED) is 0.394. The second kappa shape index (κ2) is 4.28. The molecule has 2 amide bonds. The van der Waals surface area contributed by atoms with E-state index in [0.717, 1.165) is 4.90 Å². The van der Waals surface area contributed by atoms with Crippen LogP contribution in [0.4, 0.5) is 11.4 Å². The monoisotopic (exact) mass is 251 g/mol. The Morgan fingerprint density at radius 2 is 1.56 bits per heavy atom. The molecule has 1 aromatic rings. The Morgan fingerprint density at radius 3 is 1.94 bits per heavy atom. The topological polar surface area (TPSA) is 130 Å². The number of β-amino-alcohol motifs (C(OH)–C–C–N with tert-alkyl or cyclic N) is 1. The second-order valence-corrected chi connectivity index (χ2v) is 4.08. The van der Waals surface area contributed by atoms with Crippen LogP contribution in [0.2, 0.25) is 0 Å². The lowest BCUT2D eigenvalue weighted by Crippen LogP contribution is -2.38. The Balaban J connectivity index is 2.38. The number of rotatable bonds is 3. The molecule has 1 aliphatic rings. The summed E-state index contributed by atoms with van der Waals surface area (Å²) < 4.78 is 0. The number of benzene rings is 1. The van der Waals surface area contributed by atoms with E-state index in [9.17, 15) is 14.7 Å². The first-order valence-electron chi connectivity index (χ1n) is 5.29. The van der Waals surface area contributed by atoms with Crippen molar-refractivity contribution in [1.82, 2.24) is 4.90 Å². The van der Waals surface area contributed by atoms with Crippen LogP contribution in [0.3, 0.4) is 0 Å². The van der Waals surface area contributed by atoms with Crippen LogP contribution in [0.5, 0.6) is 0 Å². The van der Waals surface area contributed by atoms with Gasteiger partial charge < -0.3 is 21.7 Å². The number of aliphatic hydroxyl groups excluding tert-OH is 2. The SMILES string of the molecule is Nc1cc2c(cc1N)C(=O)N(C[C@@H](O)CO)C2=O. The molecule has 0 unspecified atom stereocenters. The number of hydrogen-bond donors (Lipinski definition) is 4. The van der Waals surface area contributed by atoms with Crippen molar-refractivity contribution in [3.63, 3.8) is 0 Å². The minimum Gasteiger partial charge on any atom is -0.397 e. The number of aliphatic hydroxyl groups is 2. The molecule has 0 fully saturated rings. The highest BCUT2D eigenvalue weighted by Gasteiger charge is 2.36. The van der Waals surface area contributed by atoms with Crippen LogP contribution >= 0.6 is 0 Å². The zero-order valence-electron chi connectivity index (χ0n) is 9.46. The van der Waals surface area contributed by atoms with Crippen LogP contribution < -0.4 is 11.5 Å². The van der Waals surface area contributed by atoms with Crippen molar-refractivity contribution in [2.45, 2.75) is 6.10 Å². The third kappa shape index (κ3) is 1.79. The lowest BCUT2D eigenvalue weighted by Gasteiger charge is -2.16. The van der Waals surface area contributed by atoms with E-state index in [1.165, 1.54) is 12.1 Å². The molecule has 1 aromatic carbocycles. The largest absolute Gasteiger partial charge is 0.397 e. The molecule has 1 aliphatic heterocycles. The predicted octanol–water partition coefficient (Wildman–Crippen LogP) is -1.20. The average molecular weight is 251 g/mol. The Morgan fingerprint density at radius 1 is 1.11 bits per heavy atom. The predicted molar refractivity (Wildman–Crippen MR) is 63.7 cm³/mol. The van der Waals surface area contributed by atoms with Gasteiger partial charge in [-0.25, -0.2) is 0 Å². The summed E-state index contributed by atoms with van der Waals surface area (Å²) in [6.45, 7) is -0.791. The van der Waals surface area contributed by atoms with Crippen molar-refractivity contribution >= 4 is 23.2 Å². The fraction of sp³-hybridized carbons (Fsp3) is 0.273. The number of nitrogen functional groups attached to an aromatic ring is 2. The molecule has 0 spiro atoms. The maximum Gasteiger partial charge on any atom is 0.261 e. The minimum absolute atomic E-state index is 0.164. The first kappa shape index (κ1) is 12.3. The number of imide groups is 1. The van der Waals surface area contributed by atoms with Gasteiger partial charge in [0.05, 0.1) is 41.8 Å². The first-order chi connectivity index (χ1) is 8.45. The number of nitrogens with two attached hydrogens (primary N) is 2. The summed E-state index contributed by atoms with van der Waals surface area (Å²) in [5, 5.41) is 18.0. The molecule has 0 aromatic heterocycles. The lowest BCUT2D eigenvalue weighted by molar-refractivity contribution is 0.0426. The van der Waals surface area contributed by atoms with Crippen molar-refractivity contribution in [2.75, 3.05) is 24.6 Å². The van der Waals surface area contributed by atoms with Crippen molar-refractivity contribution in [2.24, 2.45) is 0 Å². The van der Waals surface area contributed by atoms with Gasteiger partial charge in [0.15, 0.2) is 0 Å². The third-order valence-corrected chi connectivity index (χ3v) is 2.78. The minimum atomic E-state index is -1.16. The number of amides is 2. The molecule has 6 N–H and O–H groups in total. The molecule has 1 atom stereocenters. The van der Waals surface area contributed by atoms with Crippen LogP contribution in [0.25, 0.3) is 0 Å². The van der Waals surface area contributed by atoms with Crippen LogP contribution in [-0.2, 0) is 0 Å². The van der Waals surface area contributed by atoms with Crippen molar-refractivity contribution in [3.8, 4) is 0 Å². The van der Waals surface area contributed by atoms with E-state index in [2.05, 4.69) is 0 Å². The van der Waals surface area contributed by atoms with Crippen LogP contribution in [-0.4, -0.2) is 46.2 Å². The van der Waals surface area contributed by atoms with Crippen molar-refractivity contribution in [1.29, 1.82) is 0 Å². The maximum absolute atomic E-state index is 11.9. The molecule has 7 heteroatoms. The Kier molecular flexibility index (Phi) is 2.93. The smallest absolute Gasteiger partial charge is 0.261 e. The molecule has 0 aliphatic carbocycles. The Hall–Kier alpha value is -2.12. The zero-order valence-corrected chi connectivity index (χ0v) is 9.46. The fourth-order valence-corrected chi connectivity index (χ4v) is 1.80. The van der Waals surface area contributed by atoms with Gasteiger partial charge in [-0.05, 0) is 12.1 Å². The summed E-state index contributed by atoms with van der Waals surface area (Å²) in [6.07, 6.45) is -1.16. The van der Waals surface area contributed by atoms with E-state index < -0.39 is 24.5 Å². The summed E-state index contributed by atoms with van der Waals surface area (Å²) in [6, 6.07) is 2.69. The molecule has 0 bridgehead atoms. The standard InChI is InChI=1S/C11H13N3O4/c12-8-1-6-7(2-9(8)13)11(18)14(10(6)17)3-5(16)4-15/h1-2,5,15-16H,3-4,12-13H2/t5-/m1/s1. The number of carbonyl (C=O) groups excluding carboxylic acids is 2. The highest BCUT2D eigenvalue weighted by atomic mass is 16.3. The third-order valence-electron chi connectivity index (χ3n) is 2.78. The van der Waals surface area contributed by atoms with E-state index in [0.29, 0.717) is 0 Å². The van der Waals surface area contributed by atoms with Gasteiger partial charge in [0.1, 0.15) is 0 Å². The molecule has 7 nitrogen and oxygen atoms in total. The number of nitrogens with zero attached hydrogens (tertiary/aromatic N) is 1. The van der Waals surface area contributed by atoms with E-state index in [1.807, 2.05) is 0 Å². The molecular weight excluding hydrogens is 238 g/mol. The van der Waals surface area contributed by atoms with Gasteiger partial charge in [0.2, 0.25) is 0 Å². The van der Waals surface area contributed by atoms with Crippen molar-refractivity contribution < 1.29 is 19.8 Å². The van der Waals surface area contributed by atoms with Gasteiger partial charge in [0.25, 0.3) is 11.8 Å². The van der Waals surface area contributed by atoms with Gasteiger partial charge in [-0.15, -0.1) is 0 Å². The highest BCUT2D eigenvalue weighted by molar-refractivity contribution is 6.22. The number of carbonyl (C=O) groups is 2. The van der Waals surface area contributed by atoms with E-state index in [1.54, 1.807) is 0 Å². The fourth-order valence-electron chi connectivity index (χ4n) is 1.80. The molecule has 18 heavy (non-hydrogen) atoms. The first-order valence-corrected chi connectivity index (χ1v) is 5.29. The molecule has 96 valence electrons. The number of anilines is 2. The average Bonchev–Trinajstić information content (AvgIpc) is 2.55. The van der Waals surface area contributed by atoms with E-state index in [4.69, 9.17) is 16.6 Å². The van der Waals surface area contributed by atoms with Gasteiger partial charge in [-0.3, -0.25) is 14.5 Å². The molecule has 0 saturated heterocycles. The lowest BCUT2D eigenvalue weighted by atomic mass is 10.1. The van der Waals surface area contributed by atoms with E-state index in [-0.39, 0.29) is 29.0 Å². The summed E-state index contributed by atoms with van der Waals surface area (Å²) >= 11 is 0. The van der Waals surface area contributed by atoms with Crippen LogP contribution in [0.15, 0.2) is 12.1 Å². The van der Waals surface area contributed by atoms with Crippen LogP contribution in [0.1, 0.15) is 20.7 Å². The van der Waals surface area contributed by atoms with Gasteiger partial charge in [0, 0.05) is 0 Å². The maximum atomic E-state index is 11.9. The van der Waals surface area contributed by atoms with Gasteiger partial charge in [-0.1, -0.05) is 0 Å². The number of fused-ring (bicyclic) bond motifs is 1. The van der Waals surface area contributed by atoms with Gasteiger partial charge >= 0.3 is 0 Å². The highest BCUT2D eigenvalue weighted by Crippen LogP contribution is 2.28. The normalized spacial score (nSPS) is 16.0. The Labute approximate surface area is 103 Å². The Bertz CT molecular complexity index is 488.